The van der Waals surface area contributed by atoms with E-state index in [1.807, 2.05) is 48.5 Å². The van der Waals surface area contributed by atoms with Crippen LogP contribution in [0, 0.1) is 5.92 Å². The van der Waals surface area contributed by atoms with Gasteiger partial charge in [0.15, 0.2) is 18.3 Å². The molecule has 0 saturated carbocycles. The van der Waals surface area contributed by atoms with Crippen LogP contribution in [0.15, 0.2) is 85.6 Å². The lowest BCUT2D eigenvalue weighted by molar-refractivity contribution is -0.120. The number of amides is 2. The molecule has 51 heavy (non-hydrogen) atoms. The van der Waals surface area contributed by atoms with Crippen LogP contribution in [0.2, 0.25) is 0 Å². The zero-order valence-electron chi connectivity index (χ0n) is 27.6. The Labute approximate surface area is 292 Å². The van der Waals surface area contributed by atoms with Crippen LogP contribution in [0.3, 0.4) is 0 Å². The zero-order valence-corrected chi connectivity index (χ0v) is 27.6. The van der Waals surface area contributed by atoms with Gasteiger partial charge >= 0.3 is 0 Å². The second-order valence-electron chi connectivity index (χ2n) is 11.9. The third-order valence-corrected chi connectivity index (χ3v) is 8.38. The molecule has 2 amide bonds. The van der Waals surface area contributed by atoms with Crippen molar-refractivity contribution >= 4 is 29.5 Å². The highest BCUT2D eigenvalue weighted by atomic mass is 16.5. The number of ether oxygens (including phenoxy) is 1. The molecule has 1 unspecified atom stereocenters. The van der Waals surface area contributed by atoms with Crippen molar-refractivity contribution in [3.63, 3.8) is 0 Å². The predicted octanol–water partition coefficient (Wildman–Crippen LogP) is 3.88. The number of aromatic nitrogens is 10. The number of nitrogens with one attached hydrogen (secondary N) is 4. The Kier molecular flexibility index (Phi) is 10.2. The number of anilines is 3. The van der Waals surface area contributed by atoms with Gasteiger partial charge in [0.1, 0.15) is 23.0 Å². The quantitative estimate of drug-likeness (QED) is 0.171. The summed E-state index contributed by atoms with van der Waals surface area (Å²) in [6, 6.07) is 17.0. The summed E-state index contributed by atoms with van der Waals surface area (Å²) in [5, 5.41) is 19.0. The van der Waals surface area contributed by atoms with E-state index in [1.54, 1.807) is 31.0 Å². The lowest BCUT2D eigenvalue weighted by atomic mass is 9.97. The van der Waals surface area contributed by atoms with Gasteiger partial charge in [-0.05, 0) is 79.6 Å². The normalized spacial score (nSPS) is 14.9. The number of fused-ring (bicyclic) bond motifs is 1. The Balaban J connectivity index is 0.000000159. The van der Waals surface area contributed by atoms with Crippen LogP contribution in [-0.4, -0.2) is 81.8 Å². The maximum Gasteiger partial charge on any atom is 0.264 e. The number of H-pyrrole nitrogens is 2. The number of carbonyl (C=O) groups excluding carboxylic acids is 2. The number of aryl methyl sites for hydroxylation is 2. The molecular weight excluding hydrogens is 650 g/mol. The van der Waals surface area contributed by atoms with Gasteiger partial charge < -0.3 is 9.64 Å². The predicted molar refractivity (Wildman–Crippen MR) is 187 cm³/mol. The van der Waals surface area contributed by atoms with Gasteiger partial charge in [0.25, 0.3) is 5.91 Å². The minimum Gasteiger partial charge on any atom is -0.484 e. The van der Waals surface area contributed by atoms with Gasteiger partial charge in [0, 0.05) is 37.9 Å². The summed E-state index contributed by atoms with van der Waals surface area (Å²) in [5.74, 6) is 2.41. The van der Waals surface area contributed by atoms with Gasteiger partial charge in [-0.25, -0.2) is 4.98 Å². The van der Waals surface area contributed by atoms with Gasteiger partial charge in [-0.3, -0.25) is 45.4 Å². The van der Waals surface area contributed by atoms with E-state index in [9.17, 15) is 9.59 Å². The van der Waals surface area contributed by atoms with Crippen molar-refractivity contribution in [3.05, 3.63) is 96.7 Å². The fraction of sp³-hybridized carbons (Fsp3) is 0.257. The van der Waals surface area contributed by atoms with Gasteiger partial charge in [-0.15, -0.1) is 10.2 Å². The highest BCUT2D eigenvalue weighted by molar-refractivity contribution is 5.91. The van der Waals surface area contributed by atoms with Crippen LogP contribution >= 0.6 is 0 Å². The third-order valence-electron chi connectivity index (χ3n) is 8.38. The van der Waals surface area contributed by atoms with E-state index in [2.05, 4.69) is 71.9 Å². The molecular formula is C35H35N13O3. The second kappa shape index (κ2) is 15.8. The summed E-state index contributed by atoms with van der Waals surface area (Å²) < 4.78 is 5.57. The Bertz CT molecular complexity index is 2060. The van der Waals surface area contributed by atoms with Crippen LogP contribution in [0.5, 0.6) is 5.75 Å². The molecule has 1 atom stereocenters. The molecule has 6 heterocycles. The van der Waals surface area contributed by atoms with E-state index in [0.717, 1.165) is 38.0 Å². The van der Waals surface area contributed by atoms with Crippen molar-refractivity contribution in [1.29, 1.82) is 0 Å². The number of pyridine rings is 2. The average molecular weight is 686 g/mol. The van der Waals surface area contributed by atoms with Crippen molar-refractivity contribution in [1.82, 2.24) is 50.3 Å². The number of benzene rings is 1. The van der Waals surface area contributed by atoms with Crippen LogP contribution in [-0.2, 0) is 22.4 Å². The Morgan fingerprint density at radius 1 is 0.804 bits per heavy atom. The van der Waals surface area contributed by atoms with Crippen LogP contribution in [0.1, 0.15) is 30.4 Å². The first-order valence-corrected chi connectivity index (χ1v) is 16.6. The molecule has 0 radical (unpaired) electrons. The molecule has 16 nitrogen and oxygen atoms in total. The third kappa shape index (κ3) is 8.54. The molecule has 5 aromatic heterocycles. The molecule has 16 heteroatoms. The van der Waals surface area contributed by atoms with Gasteiger partial charge in [0.2, 0.25) is 17.8 Å². The molecule has 2 aliphatic rings. The largest absolute Gasteiger partial charge is 0.484 e. The SMILES string of the molecule is O=C(COc1ccc2c(c1)CCC2)Nc1n[nH]c(-c2ccccn2)n1.O=C(Nc1n[nH]c(-c2ccccn2)n1)C1CCCN(c2cnccn2)C1. The molecule has 0 spiro atoms. The summed E-state index contributed by atoms with van der Waals surface area (Å²) >= 11 is 0. The van der Waals surface area contributed by atoms with Gasteiger partial charge in [-0.2, -0.15) is 9.97 Å². The maximum atomic E-state index is 12.6. The zero-order chi connectivity index (χ0) is 34.8. The van der Waals surface area contributed by atoms with E-state index >= 15 is 0 Å². The molecule has 258 valence electrons. The summed E-state index contributed by atoms with van der Waals surface area (Å²) in [6.45, 7) is 1.38. The minimum atomic E-state index is -0.313. The maximum absolute atomic E-state index is 12.6. The Morgan fingerprint density at radius 2 is 1.53 bits per heavy atom. The molecule has 4 N–H and O–H groups in total. The summed E-state index contributed by atoms with van der Waals surface area (Å²) in [6.07, 6.45) is 13.5. The highest BCUT2D eigenvalue weighted by Gasteiger charge is 2.27. The second-order valence-corrected chi connectivity index (χ2v) is 11.9. The topological polar surface area (TPSA) is 205 Å². The van der Waals surface area contributed by atoms with Crippen molar-refractivity contribution in [2.24, 2.45) is 5.92 Å². The molecule has 1 fully saturated rings. The first-order valence-electron chi connectivity index (χ1n) is 16.6. The van der Waals surface area contributed by atoms with E-state index < -0.39 is 0 Å². The Morgan fingerprint density at radius 3 is 2.22 bits per heavy atom. The molecule has 1 aromatic carbocycles. The number of nitrogens with zero attached hydrogens (tertiary/aromatic N) is 9. The lowest BCUT2D eigenvalue weighted by Gasteiger charge is -2.32. The minimum absolute atomic E-state index is 0.0910. The van der Waals surface area contributed by atoms with Crippen LogP contribution in [0.4, 0.5) is 17.7 Å². The first-order chi connectivity index (χ1) is 25.1. The number of carbonyl (C=O) groups is 2. The van der Waals surface area contributed by atoms with E-state index in [0.29, 0.717) is 35.3 Å². The number of aromatic amines is 2. The van der Waals surface area contributed by atoms with Crippen LogP contribution < -0.4 is 20.3 Å². The molecule has 1 aliphatic carbocycles. The van der Waals surface area contributed by atoms with E-state index in [1.165, 1.54) is 17.5 Å². The van der Waals surface area contributed by atoms with Gasteiger partial charge in [0.05, 0.1) is 12.1 Å². The Hall–Kier alpha value is -6.58. The van der Waals surface area contributed by atoms with Gasteiger partial charge in [-0.1, -0.05) is 18.2 Å². The monoisotopic (exact) mass is 685 g/mol. The summed E-state index contributed by atoms with van der Waals surface area (Å²) in [4.78, 5) is 52.0. The molecule has 1 aliphatic heterocycles. The van der Waals surface area contributed by atoms with Crippen molar-refractivity contribution < 1.29 is 14.3 Å². The van der Waals surface area contributed by atoms with Crippen molar-refractivity contribution in [2.45, 2.75) is 32.1 Å². The van der Waals surface area contributed by atoms with E-state index in [-0.39, 0.29) is 36.2 Å². The lowest BCUT2D eigenvalue weighted by Crippen LogP contribution is -2.41. The number of hydrogen-bond donors (Lipinski definition) is 4. The number of piperidine rings is 1. The smallest absolute Gasteiger partial charge is 0.264 e. The number of rotatable bonds is 9. The fourth-order valence-corrected chi connectivity index (χ4v) is 5.88. The summed E-state index contributed by atoms with van der Waals surface area (Å²) in [5.41, 5.74) is 4.02. The fourth-order valence-electron chi connectivity index (χ4n) is 5.88. The molecule has 8 rings (SSSR count). The molecule has 6 aromatic rings. The van der Waals surface area contributed by atoms with Crippen molar-refractivity contribution in [3.8, 4) is 28.8 Å². The average Bonchev–Trinajstić information content (AvgIpc) is 3.97. The van der Waals surface area contributed by atoms with Crippen LogP contribution in [0.25, 0.3) is 23.0 Å². The highest BCUT2D eigenvalue weighted by Crippen LogP contribution is 2.26. The standard InChI is InChI=1S/C18H17N5O2.C17H18N8O/c24-16(11-25-14-8-7-12-4-3-5-13(12)10-14)20-18-21-17(22-23-18)15-6-1-2-9-19-15;26-16(12-4-3-9-25(11-12)14-10-18-7-8-20-14)22-17-21-15(23-24-17)13-5-1-2-6-19-13/h1-2,6-10H,3-5,11H2,(H2,20,21,22,23,24);1-2,5-8,10,12H,3-4,9,11H2,(H2,21,22,23,24,26). The summed E-state index contributed by atoms with van der Waals surface area (Å²) in [7, 11) is 0. The van der Waals surface area contributed by atoms with E-state index in [4.69, 9.17) is 4.74 Å². The first kappa shape index (κ1) is 32.9. The van der Waals surface area contributed by atoms with Crippen molar-refractivity contribution in [2.75, 3.05) is 35.2 Å². The molecule has 1 saturated heterocycles. The molecule has 0 bridgehead atoms. The number of hydrogen-bond acceptors (Lipinski definition) is 12.